The second kappa shape index (κ2) is 9.60. The molecular formula is C28H25Cl2FN4O. The van der Waals surface area contributed by atoms with Crippen molar-refractivity contribution in [1.29, 1.82) is 0 Å². The predicted molar refractivity (Wildman–Crippen MR) is 143 cm³/mol. The Hall–Kier alpha value is -3.35. The molecule has 36 heavy (non-hydrogen) atoms. The van der Waals surface area contributed by atoms with Crippen LogP contribution in [0.25, 0.3) is 0 Å². The lowest BCUT2D eigenvalue weighted by molar-refractivity contribution is 0.254. The molecule has 0 radical (unpaired) electrons. The number of halogens is 3. The Morgan fingerprint density at radius 3 is 2.50 bits per heavy atom. The van der Waals surface area contributed by atoms with E-state index in [2.05, 4.69) is 19.2 Å². The average molecular weight is 523 g/mol. The van der Waals surface area contributed by atoms with E-state index in [1.165, 1.54) is 11.0 Å². The Morgan fingerprint density at radius 2 is 1.81 bits per heavy atom. The van der Waals surface area contributed by atoms with E-state index in [9.17, 15) is 4.79 Å². The van der Waals surface area contributed by atoms with Crippen LogP contribution in [-0.4, -0.2) is 15.8 Å². The number of anilines is 2. The largest absolute Gasteiger partial charge is 0.328 e. The number of hydrogen-bond acceptors (Lipinski definition) is 2. The molecule has 3 aromatic carbocycles. The molecule has 0 saturated heterocycles. The van der Waals surface area contributed by atoms with E-state index in [4.69, 9.17) is 28.3 Å². The van der Waals surface area contributed by atoms with Gasteiger partial charge in [-0.1, -0.05) is 79.5 Å². The minimum absolute atomic E-state index is 0.0541. The van der Waals surface area contributed by atoms with Crippen molar-refractivity contribution in [1.82, 2.24) is 9.78 Å². The molecule has 1 aliphatic rings. The van der Waals surface area contributed by atoms with E-state index in [1.807, 2.05) is 54.1 Å². The van der Waals surface area contributed by atoms with Gasteiger partial charge >= 0.3 is 6.03 Å². The number of rotatable bonds is 5. The number of fused-ring (bicyclic) bond motifs is 1. The van der Waals surface area contributed by atoms with Gasteiger partial charge in [-0.2, -0.15) is 5.10 Å². The number of carbonyl (C=O) groups excluding carboxylic acids is 1. The molecule has 1 atom stereocenters. The van der Waals surface area contributed by atoms with Gasteiger partial charge in [0.25, 0.3) is 0 Å². The normalized spacial score (nSPS) is 15.2. The maximum absolute atomic E-state index is 15.3. The van der Waals surface area contributed by atoms with Gasteiger partial charge in [-0.15, -0.1) is 0 Å². The molecule has 0 fully saturated rings. The van der Waals surface area contributed by atoms with Crippen molar-refractivity contribution in [2.45, 2.75) is 39.3 Å². The van der Waals surface area contributed by atoms with E-state index in [0.29, 0.717) is 17.4 Å². The fourth-order valence-electron chi connectivity index (χ4n) is 4.91. The summed E-state index contributed by atoms with van der Waals surface area (Å²) < 4.78 is 17.3. The third-order valence-corrected chi connectivity index (χ3v) is 6.97. The molecule has 2 amide bonds. The lowest BCUT2D eigenvalue weighted by Crippen LogP contribution is -2.44. The molecule has 4 aromatic rings. The van der Waals surface area contributed by atoms with Crippen LogP contribution in [0.4, 0.5) is 20.7 Å². The predicted octanol–water partition coefficient (Wildman–Crippen LogP) is 7.95. The van der Waals surface area contributed by atoms with Gasteiger partial charge in [-0.05, 0) is 53.8 Å². The number of nitrogens with zero attached hydrogens (tertiary/aromatic N) is 3. The molecule has 2 heterocycles. The second-order valence-corrected chi connectivity index (χ2v) is 10.1. The molecule has 1 aliphatic heterocycles. The fraction of sp³-hybridized carbons (Fsp3) is 0.214. The lowest BCUT2D eigenvalue weighted by Gasteiger charge is -2.37. The Morgan fingerprint density at radius 1 is 1.06 bits per heavy atom. The molecule has 5 rings (SSSR count). The highest BCUT2D eigenvalue weighted by Crippen LogP contribution is 2.46. The molecular weight excluding hydrogens is 498 g/mol. The molecule has 0 aliphatic carbocycles. The van der Waals surface area contributed by atoms with Gasteiger partial charge < -0.3 is 0 Å². The number of carbonyl (C=O) groups is 1. The zero-order valence-corrected chi connectivity index (χ0v) is 21.6. The first kappa shape index (κ1) is 24.3. The smallest absolute Gasteiger partial charge is 0.290 e. The summed E-state index contributed by atoms with van der Waals surface area (Å²) in [5.41, 5.74) is 4.67. The van der Waals surface area contributed by atoms with Crippen molar-refractivity contribution < 1.29 is 9.18 Å². The molecule has 184 valence electrons. The maximum Gasteiger partial charge on any atom is 0.328 e. The van der Waals surface area contributed by atoms with Gasteiger partial charge in [-0.25, -0.2) is 9.18 Å². The highest BCUT2D eigenvalue weighted by atomic mass is 35.5. The lowest BCUT2D eigenvalue weighted by atomic mass is 9.89. The molecule has 0 saturated carbocycles. The Balaban J connectivity index is 1.77. The van der Waals surface area contributed by atoms with Crippen molar-refractivity contribution in [2.75, 3.05) is 10.2 Å². The number of urea groups is 1. The van der Waals surface area contributed by atoms with Gasteiger partial charge in [-0.3, -0.25) is 14.9 Å². The first-order valence-electron chi connectivity index (χ1n) is 11.7. The third-order valence-electron chi connectivity index (χ3n) is 6.44. The van der Waals surface area contributed by atoms with Crippen LogP contribution in [0, 0.1) is 12.7 Å². The summed E-state index contributed by atoms with van der Waals surface area (Å²) in [4.78, 5) is 15.0. The molecule has 0 unspecified atom stereocenters. The van der Waals surface area contributed by atoms with Gasteiger partial charge in [0.15, 0.2) is 11.6 Å². The van der Waals surface area contributed by atoms with Gasteiger partial charge in [0, 0.05) is 16.3 Å². The standard InChI is InChI=1S/C28H25Cl2FN4O/c1-16(2)25-23-26(20-13-12-19(29)14-17(20)3)35(22-11-7-10-21(30)24(22)31)28(36)32-27(23)33-34(25)15-18-8-5-4-6-9-18/h4-14,16,26H,15H2,1-3H3,(H,32,33,36)/t26-/m0/s1. The number of aryl methyl sites for hydroxylation is 1. The van der Waals surface area contributed by atoms with E-state index in [-0.39, 0.29) is 16.6 Å². The van der Waals surface area contributed by atoms with Crippen molar-refractivity contribution in [3.05, 3.63) is 111 Å². The zero-order valence-electron chi connectivity index (χ0n) is 20.1. The highest BCUT2D eigenvalue weighted by Gasteiger charge is 2.41. The third kappa shape index (κ3) is 4.25. The van der Waals surface area contributed by atoms with E-state index in [0.717, 1.165) is 27.9 Å². The quantitative estimate of drug-likeness (QED) is 0.289. The molecule has 0 bridgehead atoms. The van der Waals surface area contributed by atoms with Crippen molar-refractivity contribution in [2.24, 2.45) is 0 Å². The Labute approximate surface area is 219 Å². The Kier molecular flexibility index (Phi) is 6.49. The van der Waals surface area contributed by atoms with Crippen LogP contribution in [-0.2, 0) is 6.54 Å². The highest BCUT2D eigenvalue weighted by molar-refractivity contribution is 6.31. The van der Waals surface area contributed by atoms with Crippen LogP contribution < -0.4 is 10.2 Å². The van der Waals surface area contributed by atoms with Crippen LogP contribution in [0.1, 0.15) is 53.8 Å². The summed E-state index contributed by atoms with van der Waals surface area (Å²) in [5.74, 6) is -0.115. The zero-order chi connectivity index (χ0) is 25.6. The summed E-state index contributed by atoms with van der Waals surface area (Å²) in [6.45, 7) is 6.65. The summed E-state index contributed by atoms with van der Waals surface area (Å²) in [7, 11) is 0. The molecule has 1 aromatic heterocycles. The van der Waals surface area contributed by atoms with Gasteiger partial charge in [0.1, 0.15) is 0 Å². The van der Waals surface area contributed by atoms with Crippen LogP contribution in [0.3, 0.4) is 0 Å². The average Bonchev–Trinajstić information content (AvgIpc) is 3.19. The second-order valence-electron chi connectivity index (χ2n) is 9.22. The van der Waals surface area contributed by atoms with Gasteiger partial charge in [0.2, 0.25) is 0 Å². The summed E-state index contributed by atoms with van der Waals surface area (Å²) >= 11 is 12.4. The molecule has 0 spiro atoms. The van der Waals surface area contributed by atoms with Crippen LogP contribution in [0.2, 0.25) is 10.0 Å². The van der Waals surface area contributed by atoms with Crippen molar-refractivity contribution in [3.8, 4) is 0 Å². The van der Waals surface area contributed by atoms with Crippen LogP contribution in [0.5, 0.6) is 0 Å². The van der Waals surface area contributed by atoms with Crippen LogP contribution >= 0.6 is 23.2 Å². The van der Waals surface area contributed by atoms with E-state index in [1.54, 1.807) is 18.2 Å². The monoisotopic (exact) mass is 522 g/mol. The molecule has 1 N–H and O–H groups in total. The van der Waals surface area contributed by atoms with E-state index < -0.39 is 17.9 Å². The number of aromatic nitrogens is 2. The topological polar surface area (TPSA) is 50.2 Å². The van der Waals surface area contributed by atoms with Crippen molar-refractivity contribution >= 4 is 40.7 Å². The SMILES string of the molecule is Cc1cc(Cl)ccc1[C@H]1c2c(nn(Cc3ccccc3)c2C(C)C)NC(=O)N1c1cccc(Cl)c1F. The van der Waals surface area contributed by atoms with Crippen LogP contribution in [0.15, 0.2) is 66.7 Å². The fourth-order valence-corrected chi connectivity index (χ4v) is 5.31. The minimum Gasteiger partial charge on any atom is -0.290 e. The van der Waals surface area contributed by atoms with Crippen molar-refractivity contribution in [3.63, 3.8) is 0 Å². The number of benzene rings is 3. The number of hydrogen-bond donors (Lipinski definition) is 1. The minimum atomic E-state index is -0.655. The Bertz CT molecular complexity index is 1450. The summed E-state index contributed by atoms with van der Waals surface area (Å²) in [5, 5.41) is 8.26. The van der Waals surface area contributed by atoms with E-state index >= 15 is 4.39 Å². The number of nitrogens with one attached hydrogen (secondary N) is 1. The first-order valence-corrected chi connectivity index (χ1v) is 12.5. The maximum atomic E-state index is 15.3. The first-order chi connectivity index (χ1) is 17.3. The number of amides is 2. The molecule has 5 nitrogen and oxygen atoms in total. The molecule has 8 heteroatoms. The summed E-state index contributed by atoms with van der Waals surface area (Å²) in [6.07, 6.45) is 0. The van der Waals surface area contributed by atoms with Gasteiger partial charge in [0.05, 0.1) is 23.3 Å². The summed E-state index contributed by atoms with van der Waals surface area (Å²) in [6, 6.07) is 19.1.